The number of aryl methyl sites for hydroxylation is 2. The summed E-state index contributed by atoms with van der Waals surface area (Å²) < 4.78 is 15.9. The van der Waals surface area contributed by atoms with E-state index in [0.29, 0.717) is 6.54 Å². The van der Waals surface area contributed by atoms with Crippen LogP contribution in [0.2, 0.25) is 0 Å². The molecule has 1 N–H and O–H groups in total. The Bertz CT molecular complexity index is 572. The number of hydrogen-bond acceptors (Lipinski definition) is 2. The second kappa shape index (κ2) is 5.84. The number of nitrogens with zero attached hydrogens (tertiary/aromatic N) is 2. The number of nitrogens with one attached hydrogen (secondary N) is 1. The maximum Gasteiger partial charge on any atom is 0.124 e. The molecule has 2 rings (SSSR count). The lowest BCUT2D eigenvalue weighted by Gasteiger charge is -2.06. The maximum atomic E-state index is 13.2. The molecule has 0 saturated carbocycles. The van der Waals surface area contributed by atoms with E-state index in [1.165, 1.54) is 11.6 Å². The van der Waals surface area contributed by atoms with Gasteiger partial charge in [0.25, 0.3) is 0 Å². The second-order valence-corrected chi connectivity index (χ2v) is 5.57. The van der Waals surface area contributed by atoms with Crippen molar-refractivity contribution in [1.29, 1.82) is 0 Å². The predicted molar refractivity (Wildman–Crippen MR) is 77.3 cm³/mol. The first-order chi connectivity index (χ1) is 8.97. The molecule has 0 unspecified atom stereocenters. The molecule has 0 aliphatic carbocycles. The molecule has 1 heterocycles. The van der Waals surface area contributed by atoms with Gasteiger partial charge in [-0.05, 0) is 37.6 Å². The van der Waals surface area contributed by atoms with Gasteiger partial charge in [0.2, 0.25) is 0 Å². The minimum Gasteiger partial charge on any atom is -0.308 e. The molecule has 0 spiro atoms. The second-order valence-electron chi connectivity index (χ2n) is 4.65. The number of halogens is 2. The summed E-state index contributed by atoms with van der Waals surface area (Å²) in [6, 6.07) is 4.92. The van der Waals surface area contributed by atoms with E-state index < -0.39 is 0 Å². The Morgan fingerprint density at radius 2 is 2.00 bits per heavy atom. The van der Waals surface area contributed by atoms with Gasteiger partial charge in [-0.1, -0.05) is 15.9 Å². The smallest absolute Gasteiger partial charge is 0.124 e. The average molecular weight is 326 g/mol. The predicted octanol–water partition coefficient (Wildman–Crippen LogP) is 3.23. The number of benzene rings is 1. The van der Waals surface area contributed by atoms with Crippen LogP contribution in [0.15, 0.2) is 22.7 Å². The van der Waals surface area contributed by atoms with Gasteiger partial charge in [-0.15, -0.1) is 0 Å². The molecule has 5 heteroatoms. The molecule has 0 saturated heterocycles. The summed E-state index contributed by atoms with van der Waals surface area (Å²) in [5.41, 5.74) is 4.32. The fraction of sp³-hybridized carbons (Fsp3) is 0.357. The third-order valence-corrected chi connectivity index (χ3v) is 3.67. The summed E-state index contributed by atoms with van der Waals surface area (Å²) >= 11 is 3.30. The number of aromatic nitrogens is 2. The van der Waals surface area contributed by atoms with Crippen LogP contribution in [0.25, 0.3) is 0 Å². The van der Waals surface area contributed by atoms with Crippen molar-refractivity contribution in [3.63, 3.8) is 0 Å². The Hall–Kier alpha value is -1.20. The van der Waals surface area contributed by atoms with Gasteiger partial charge < -0.3 is 5.32 Å². The normalized spacial score (nSPS) is 11.0. The SMILES string of the molecule is Cc1nn(C)c(C)c1CNCc1cc(F)cc(Br)c1. The van der Waals surface area contributed by atoms with Gasteiger partial charge >= 0.3 is 0 Å². The Labute approximate surface area is 121 Å². The van der Waals surface area contributed by atoms with Gasteiger partial charge in [0, 0.05) is 35.9 Å². The van der Waals surface area contributed by atoms with Crippen LogP contribution >= 0.6 is 15.9 Å². The highest BCUT2D eigenvalue weighted by molar-refractivity contribution is 9.10. The van der Waals surface area contributed by atoms with Crippen LogP contribution in [0.4, 0.5) is 4.39 Å². The van der Waals surface area contributed by atoms with Crippen molar-refractivity contribution in [3.05, 3.63) is 51.0 Å². The third-order valence-electron chi connectivity index (χ3n) is 3.21. The highest BCUT2D eigenvalue weighted by Gasteiger charge is 2.08. The highest BCUT2D eigenvalue weighted by atomic mass is 79.9. The molecule has 0 bridgehead atoms. The van der Waals surface area contributed by atoms with E-state index in [-0.39, 0.29) is 5.82 Å². The molecule has 3 nitrogen and oxygen atoms in total. The van der Waals surface area contributed by atoms with Crippen molar-refractivity contribution in [3.8, 4) is 0 Å². The Kier molecular flexibility index (Phi) is 4.37. The standard InChI is InChI=1S/C14H17BrFN3/c1-9-14(10(2)19(3)18-9)8-17-7-11-4-12(15)6-13(16)5-11/h4-6,17H,7-8H2,1-3H3. The molecule has 19 heavy (non-hydrogen) atoms. The molecule has 0 radical (unpaired) electrons. The van der Waals surface area contributed by atoms with E-state index in [1.807, 2.05) is 24.7 Å². The lowest BCUT2D eigenvalue weighted by atomic mass is 10.2. The van der Waals surface area contributed by atoms with Gasteiger partial charge in [-0.2, -0.15) is 5.10 Å². The van der Waals surface area contributed by atoms with Gasteiger partial charge in [0.15, 0.2) is 0 Å². The first kappa shape index (κ1) is 14.2. The van der Waals surface area contributed by atoms with E-state index in [1.54, 1.807) is 6.07 Å². The molecule has 0 fully saturated rings. The zero-order valence-electron chi connectivity index (χ0n) is 11.3. The van der Waals surface area contributed by atoms with Gasteiger partial charge in [0.1, 0.15) is 5.82 Å². The van der Waals surface area contributed by atoms with Crippen LogP contribution in [0, 0.1) is 19.7 Å². The maximum absolute atomic E-state index is 13.2. The monoisotopic (exact) mass is 325 g/mol. The van der Waals surface area contributed by atoms with Gasteiger partial charge in [0.05, 0.1) is 5.69 Å². The number of rotatable bonds is 4. The fourth-order valence-electron chi connectivity index (χ4n) is 2.12. The minimum atomic E-state index is -0.222. The molecular weight excluding hydrogens is 309 g/mol. The summed E-state index contributed by atoms with van der Waals surface area (Å²) in [6.07, 6.45) is 0. The molecule has 0 aliphatic rings. The summed E-state index contributed by atoms with van der Waals surface area (Å²) in [6.45, 7) is 5.42. The lowest BCUT2D eigenvalue weighted by Crippen LogP contribution is -2.14. The minimum absolute atomic E-state index is 0.222. The first-order valence-electron chi connectivity index (χ1n) is 6.12. The van der Waals surface area contributed by atoms with Crippen LogP contribution in [-0.4, -0.2) is 9.78 Å². The molecule has 102 valence electrons. The summed E-state index contributed by atoms with van der Waals surface area (Å²) in [5, 5.41) is 7.70. The van der Waals surface area contributed by atoms with Crippen LogP contribution < -0.4 is 5.32 Å². The zero-order valence-corrected chi connectivity index (χ0v) is 12.9. The molecule has 0 atom stereocenters. The Morgan fingerprint density at radius 1 is 1.26 bits per heavy atom. The molecule has 2 aromatic rings. The van der Waals surface area contributed by atoms with E-state index >= 15 is 0 Å². The Balaban J connectivity index is 2.00. The molecule has 0 aliphatic heterocycles. The largest absolute Gasteiger partial charge is 0.308 e. The van der Waals surface area contributed by atoms with Crippen molar-refractivity contribution < 1.29 is 4.39 Å². The van der Waals surface area contributed by atoms with Crippen LogP contribution in [0.1, 0.15) is 22.5 Å². The quantitative estimate of drug-likeness (QED) is 0.935. The number of hydrogen-bond donors (Lipinski definition) is 1. The first-order valence-corrected chi connectivity index (χ1v) is 6.91. The fourth-order valence-corrected chi connectivity index (χ4v) is 2.63. The van der Waals surface area contributed by atoms with Crippen molar-refractivity contribution in [1.82, 2.24) is 15.1 Å². The van der Waals surface area contributed by atoms with E-state index in [0.717, 1.165) is 28.0 Å². The van der Waals surface area contributed by atoms with E-state index in [9.17, 15) is 4.39 Å². The molecule has 0 amide bonds. The van der Waals surface area contributed by atoms with Crippen molar-refractivity contribution in [2.75, 3.05) is 0 Å². The summed E-state index contributed by atoms with van der Waals surface area (Å²) in [4.78, 5) is 0. The van der Waals surface area contributed by atoms with Crippen molar-refractivity contribution in [2.24, 2.45) is 7.05 Å². The van der Waals surface area contributed by atoms with Crippen LogP contribution in [-0.2, 0) is 20.1 Å². The molecule has 1 aromatic heterocycles. The molecule has 1 aromatic carbocycles. The average Bonchev–Trinajstić information content (AvgIpc) is 2.54. The highest BCUT2D eigenvalue weighted by Crippen LogP contribution is 2.15. The van der Waals surface area contributed by atoms with Gasteiger partial charge in [-0.3, -0.25) is 4.68 Å². The van der Waals surface area contributed by atoms with Crippen molar-refractivity contribution >= 4 is 15.9 Å². The Morgan fingerprint density at radius 3 is 2.58 bits per heavy atom. The van der Waals surface area contributed by atoms with Crippen LogP contribution in [0.5, 0.6) is 0 Å². The van der Waals surface area contributed by atoms with Crippen molar-refractivity contribution in [2.45, 2.75) is 26.9 Å². The lowest BCUT2D eigenvalue weighted by molar-refractivity contribution is 0.618. The summed E-state index contributed by atoms with van der Waals surface area (Å²) in [7, 11) is 1.94. The third kappa shape index (κ3) is 3.42. The molecular formula is C14H17BrFN3. The topological polar surface area (TPSA) is 29.9 Å². The summed E-state index contributed by atoms with van der Waals surface area (Å²) in [5.74, 6) is -0.222. The van der Waals surface area contributed by atoms with E-state index in [4.69, 9.17) is 0 Å². The zero-order chi connectivity index (χ0) is 14.0. The van der Waals surface area contributed by atoms with Crippen LogP contribution in [0.3, 0.4) is 0 Å². The van der Waals surface area contributed by atoms with E-state index in [2.05, 4.69) is 33.3 Å². The van der Waals surface area contributed by atoms with Gasteiger partial charge in [-0.25, -0.2) is 4.39 Å².